The van der Waals surface area contributed by atoms with Crippen molar-refractivity contribution in [3.05, 3.63) is 72.6 Å². The number of esters is 1. The minimum Gasteiger partial charge on any atom is -0.493 e. The first-order valence-corrected chi connectivity index (χ1v) is 8.79. The third-order valence-corrected chi connectivity index (χ3v) is 3.73. The van der Waals surface area contributed by atoms with E-state index in [1.165, 1.54) is 50.5 Å². The molecule has 0 bridgehead atoms. The van der Waals surface area contributed by atoms with E-state index in [0.717, 1.165) is 0 Å². The molecule has 6 nitrogen and oxygen atoms in total. The van der Waals surface area contributed by atoms with Crippen molar-refractivity contribution in [2.75, 3.05) is 19.0 Å². The summed E-state index contributed by atoms with van der Waals surface area (Å²) in [5.74, 6) is -0.557. The number of ether oxygens (including phenoxy) is 3. The fourth-order valence-corrected chi connectivity index (χ4v) is 2.26. The number of halogens is 1. The lowest BCUT2D eigenvalue weighted by atomic mass is 10.2. The van der Waals surface area contributed by atoms with Gasteiger partial charge in [0, 0.05) is 11.8 Å². The van der Waals surface area contributed by atoms with Crippen LogP contribution in [0.15, 0.2) is 61.2 Å². The van der Waals surface area contributed by atoms with Crippen molar-refractivity contribution >= 4 is 23.6 Å². The molecule has 0 aliphatic heterocycles. The van der Waals surface area contributed by atoms with E-state index in [1.807, 2.05) is 0 Å². The molecule has 0 heterocycles. The average Bonchev–Trinajstić information content (AvgIpc) is 2.72. The van der Waals surface area contributed by atoms with Crippen molar-refractivity contribution in [3.8, 4) is 11.5 Å². The predicted octanol–water partition coefficient (Wildman–Crippen LogP) is 3.98. The summed E-state index contributed by atoms with van der Waals surface area (Å²) < 4.78 is 28.7. The van der Waals surface area contributed by atoms with Gasteiger partial charge in [0.25, 0.3) is 5.91 Å². The Kier molecular flexibility index (Phi) is 7.97. The summed E-state index contributed by atoms with van der Waals surface area (Å²) in [5, 5.41) is 2.54. The summed E-state index contributed by atoms with van der Waals surface area (Å²) in [6.07, 6.45) is 3.34. The summed E-state index contributed by atoms with van der Waals surface area (Å²) >= 11 is 0. The standard InChI is InChI=1S/C22H22FNO5/c1-4-13-28-19-11-5-16(14-20(19)27-3)6-12-21(25)29-15(2)22(26)24-18-9-7-17(23)8-10-18/h4-12,14-15H,1,13H2,2-3H3,(H,24,26)/b12-6+/t15-/m0/s1. The lowest BCUT2D eigenvalue weighted by molar-refractivity contribution is -0.148. The van der Waals surface area contributed by atoms with E-state index in [4.69, 9.17) is 14.2 Å². The quantitative estimate of drug-likeness (QED) is 0.392. The number of rotatable bonds is 9. The van der Waals surface area contributed by atoms with E-state index in [9.17, 15) is 14.0 Å². The van der Waals surface area contributed by atoms with Gasteiger partial charge in [-0.05, 0) is 55.0 Å². The third-order valence-electron chi connectivity index (χ3n) is 3.73. The molecule has 0 spiro atoms. The Bertz CT molecular complexity index is 893. The van der Waals surface area contributed by atoms with Crippen molar-refractivity contribution < 1.29 is 28.2 Å². The fraction of sp³-hybridized carbons (Fsp3) is 0.182. The molecule has 7 heteroatoms. The molecule has 2 aromatic rings. The number of benzene rings is 2. The SMILES string of the molecule is C=CCOc1ccc(/C=C/C(=O)O[C@@H](C)C(=O)Nc2ccc(F)cc2)cc1OC. The minimum atomic E-state index is -1.03. The molecular formula is C22H22FNO5. The van der Waals surface area contributed by atoms with Crippen molar-refractivity contribution in [2.45, 2.75) is 13.0 Å². The van der Waals surface area contributed by atoms with Gasteiger partial charge >= 0.3 is 5.97 Å². The first-order chi connectivity index (χ1) is 13.9. The van der Waals surface area contributed by atoms with Gasteiger partial charge in [-0.3, -0.25) is 4.79 Å². The lowest BCUT2D eigenvalue weighted by Gasteiger charge is -2.12. The molecule has 0 aliphatic rings. The normalized spacial score (nSPS) is 11.6. The Hall–Kier alpha value is -3.61. The zero-order chi connectivity index (χ0) is 21.2. The Morgan fingerprint density at radius 2 is 1.90 bits per heavy atom. The highest BCUT2D eigenvalue weighted by molar-refractivity contribution is 5.96. The van der Waals surface area contributed by atoms with E-state index in [-0.39, 0.29) is 0 Å². The Morgan fingerprint density at radius 1 is 1.17 bits per heavy atom. The van der Waals surface area contributed by atoms with Gasteiger partial charge in [0.05, 0.1) is 7.11 Å². The molecular weight excluding hydrogens is 377 g/mol. The molecule has 29 heavy (non-hydrogen) atoms. The molecule has 1 N–H and O–H groups in total. The molecule has 0 saturated carbocycles. The summed E-state index contributed by atoms with van der Waals surface area (Å²) in [5.41, 5.74) is 1.09. The van der Waals surface area contributed by atoms with Gasteiger partial charge in [0.15, 0.2) is 17.6 Å². The molecule has 1 atom stereocenters. The maximum absolute atomic E-state index is 12.9. The van der Waals surface area contributed by atoms with Gasteiger partial charge in [-0.15, -0.1) is 0 Å². The van der Waals surface area contributed by atoms with Crippen LogP contribution in [0.1, 0.15) is 12.5 Å². The second-order valence-electron chi connectivity index (χ2n) is 5.92. The summed E-state index contributed by atoms with van der Waals surface area (Å²) in [6.45, 7) is 5.38. The number of methoxy groups -OCH3 is 1. The van der Waals surface area contributed by atoms with E-state index in [0.29, 0.717) is 29.4 Å². The molecule has 0 radical (unpaired) electrons. The van der Waals surface area contributed by atoms with Crippen LogP contribution in [-0.2, 0) is 14.3 Å². The van der Waals surface area contributed by atoms with E-state index >= 15 is 0 Å². The number of hydrogen-bond donors (Lipinski definition) is 1. The van der Waals surface area contributed by atoms with Crippen LogP contribution in [0.4, 0.5) is 10.1 Å². The van der Waals surface area contributed by atoms with E-state index in [2.05, 4.69) is 11.9 Å². The maximum Gasteiger partial charge on any atom is 0.331 e. The Morgan fingerprint density at radius 3 is 2.55 bits per heavy atom. The minimum absolute atomic E-state index is 0.343. The van der Waals surface area contributed by atoms with Crippen LogP contribution < -0.4 is 14.8 Å². The molecule has 0 saturated heterocycles. The Labute approximate surface area is 168 Å². The predicted molar refractivity (Wildman–Crippen MR) is 108 cm³/mol. The van der Waals surface area contributed by atoms with Crippen molar-refractivity contribution in [2.24, 2.45) is 0 Å². The first-order valence-electron chi connectivity index (χ1n) is 8.79. The monoisotopic (exact) mass is 399 g/mol. The molecule has 2 rings (SSSR count). The highest BCUT2D eigenvalue weighted by Gasteiger charge is 2.16. The number of carbonyl (C=O) groups is 2. The maximum atomic E-state index is 12.9. The van der Waals surface area contributed by atoms with Gasteiger partial charge in [-0.2, -0.15) is 0 Å². The average molecular weight is 399 g/mol. The zero-order valence-electron chi connectivity index (χ0n) is 16.2. The van der Waals surface area contributed by atoms with Crippen LogP contribution in [0.25, 0.3) is 6.08 Å². The van der Waals surface area contributed by atoms with Crippen LogP contribution in [0.2, 0.25) is 0 Å². The third kappa shape index (κ3) is 6.80. The smallest absolute Gasteiger partial charge is 0.331 e. The number of amides is 1. The van der Waals surface area contributed by atoms with Crippen LogP contribution in [0, 0.1) is 5.82 Å². The zero-order valence-corrected chi connectivity index (χ0v) is 16.2. The molecule has 0 aliphatic carbocycles. The topological polar surface area (TPSA) is 73.9 Å². The van der Waals surface area contributed by atoms with Crippen molar-refractivity contribution in [3.63, 3.8) is 0 Å². The van der Waals surface area contributed by atoms with Crippen molar-refractivity contribution in [1.29, 1.82) is 0 Å². The number of carbonyl (C=O) groups excluding carboxylic acids is 2. The fourth-order valence-electron chi connectivity index (χ4n) is 2.26. The van der Waals surface area contributed by atoms with Crippen LogP contribution in [0.3, 0.4) is 0 Å². The van der Waals surface area contributed by atoms with Gasteiger partial charge < -0.3 is 19.5 Å². The second-order valence-corrected chi connectivity index (χ2v) is 5.92. The summed E-state index contributed by atoms with van der Waals surface area (Å²) in [7, 11) is 1.51. The van der Waals surface area contributed by atoms with Gasteiger partial charge in [0.1, 0.15) is 12.4 Å². The molecule has 152 valence electrons. The largest absolute Gasteiger partial charge is 0.493 e. The van der Waals surface area contributed by atoms with Gasteiger partial charge in [-0.25, -0.2) is 9.18 Å². The van der Waals surface area contributed by atoms with Crippen LogP contribution >= 0.6 is 0 Å². The number of anilines is 1. The van der Waals surface area contributed by atoms with E-state index < -0.39 is 23.8 Å². The van der Waals surface area contributed by atoms with Crippen LogP contribution in [0.5, 0.6) is 11.5 Å². The first kappa shape index (κ1) is 21.7. The van der Waals surface area contributed by atoms with E-state index in [1.54, 1.807) is 24.3 Å². The van der Waals surface area contributed by atoms with Gasteiger partial charge in [0.2, 0.25) is 0 Å². The molecule has 0 unspecified atom stereocenters. The molecule has 2 aromatic carbocycles. The Balaban J connectivity index is 1.93. The van der Waals surface area contributed by atoms with Gasteiger partial charge in [-0.1, -0.05) is 18.7 Å². The molecule has 0 aromatic heterocycles. The summed E-state index contributed by atoms with van der Waals surface area (Å²) in [4.78, 5) is 24.1. The molecule has 1 amide bonds. The summed E-state index contributed by atoms with van der Waals surface area (Å²) in [6, 6.07) is 10.4. The van der Waals surface area contributed by atoms with Crippen molar-refractivity contribution in [1.82, 2.24) is 0 Å². The van der Waals surface area contributed by atoms with Crippen LogP contribution in [-0.4, -0.2) is 31.7 Å². The number of hydrogen-bond acceptors (Lipinski definition) is 5. The lowest BCUT2D eigenvalue weighted by Crippen LogP contribution is -2.29. The molecule has 0 fully saturated rings. The highest BCUT2D eigenvalue weighted by Crippen LogP contribution is 2.28. The number of nitrogens with one attached hydrogen (secondary N) is 1. The highest BCUT2D eigenvalue weighted by atomic mass is 19.1. The second kappa shape index (κ2) is 10.7.